The molecule has 0 radical (unpaired) electrons. The maximum Gasteiger partial charge on any atom is 0.257 e. The Morgan fingerprint density at radius 2 is 1.95 bits per heavy atom. The first-order valence-electron chi connectivity index (χ1n) is 5.99. The highest BCUT2D eigenvalue weighted by Crippen LogP contribution is 2.28. The fourth-order valence-corrected chi connectivity index (χ4v) is 1.94. The van der Waals surface area contributed by atoms with Gasteiger partial charge in [0.1, 0.15) is 5.75 Å². The molecule has 20 heavy (non-hydrogen) atoms. The number of ether oxygens (including phenoxy) is 1. The van der Waals surface area contributed by atoms with Crippen LogP contribution in [0.15, 0.2) is 48.5 Å². The molecular weight excluding hydrogens is 278 g/mol. The maximum atomic E-state index is 12.0. The molecule has 4 nitrogen and oxygen atoms in total. The molecule has 0 aliphatic rings. The number of rotatable bonds is 4. The summed E-state index contributed by atoms with van der Waals surface area (Å²) in [5.41, 5.74) is 0.936. The van der Waals surface area contributed by atoms with Crippen LogP contribution in [0.5, 0.6) is 5.75 Å². The predicted molar refractivity (Wildman–Crippen MR) is 78.0 cm³/mol. The number of aliphatic hydroxyl groups is 1. The fraction of sp³-hybridized carbons (Fsp3) is 0.133. The molecular formula is C15H14ClNO3. The van der Waals surface area contributed by atoms with E-state index in [1.165, 1.54) is 7.11 Å². The van der Waals surface area contributed by atoms with Crippen LogP contribution >= 0.6 is 11.6 Å². The second kappa shape index (κ2) is 6.41. The quantitative estimate of drug-likeness (QED) is 0.910. The zero-order valence-electron chi connectivity index (χ0n) is 10.8. The van der Waals surface area contributed by atoms with Gasteiger partial charge in [0, 0.05) is 5.02 Å². The smallest absolute Gasteiger partial charge is 0.257 e. The van der Waals surface area contributed by atoms with Gasteiger partial charge in [-0.15, -0.1) is 0 Å². The third kappa shape index (κ3) is 3.29. The Bertz CT molecular complexity index is 601. The molecule has 0 bridgehead atoms. The topological polar surface area (TPSA) is 58.6 Å². The number of nitrogens with one attached hydrogen (secondary N) is 1. The van der Waals surface area contributed by atoms with E-state index in [0.29, 0.717) is 22.0 Å². The van der Waals surface area contributed by atoms with E-state index in [-0.39, 0.29) is 0 Å². The minimum atomic E-state index is -1.25. The average Bonchev–Trinajstić information content (AvgIpc) is 2.47. The molecule has 1 amide bonds. The van der Waals surface area contributed by atoms with Crippen molar-refractivity contribution in [1.82, 2.24) is 0 Å². The van der Waals surface area contributed by atoms with Gasteiger partial charge >= 0.3 is 0 Å². The highest BCUT2D eigenvalue weighted by Gasteiger charge is 2.18. The number of carbonyl (C=O) groups is 1. The van der Waals surface area contributed by atoms with Gasteiger partial charge in [0.2, 0.25) is 0 Å². The Labute approximate surface area is 122 Å². The van der Waals surface area contributed by atoms with Crippen LogP contribution in [0.3, 0.4) is 0 Å². The van der Waals surface area contributed by atoms with Gasteiger partial charge in [-0.25, -0.2) is 0 Å². The van der Waals surface area contributed by atoms with Crippen molar-refractivity contribution in [3.05, 3.63) is 59.1 Å². The van der Waals surface area contributed by atoms with Crippen molar-refractivity contribution in [3.63, 3.8) is 0 Å². The molecule has 0 saturated carbocycles. The number of hydrogen-bond donors (Lipinski definition) is 2. The first-order chi connectivity index (χ1) is 9.61. The first-order valence-corrected chi connectivity index (χ1v) is 6.37. The lowest BCUT2D eigenvalue weighted by atomic mass is 10.1. The molecule has 0 aliphatic carbocycles. The van der Waals surface area contributed by atoms with E-state index in [1.807, 2.05) is 6.07 Å². The van der Waals surface area contributed by atoms with Crippen LogP contribution in [0.1, 0.15) is 11.7 Å². The maximum absolute atomic E-state index is 12.0. The lowest BCUT2D eigenvalue weighted by Crippen LogP contribution is -2.21. The number of benzene rings is 2. The average molecular weight is 292 g/mol. The lowest BCUT2D eigenvalue weighted by molar-refractivity contribution is -0.124. The normalized spacial score (nSPS) is 11.8. The van der Waals surface area contributed by atoms with E-state index in [0.717, 1.165) is 0 Å². The third-order valence-corrected chi connectivity index (χ3v) is 3.02. The summed E-state index contributed by atoms with van der Waals surface area (Å²) in [6.45, 7) is 0. The second-order valence-corrected chi connectivity index (χ2v) is 4.58. The zero-order chi connectivity index (χ0) is 14.5. The number of methoxy groups -OCH3 is 1. The molecule has 2 aromatic rings. The molecule has 2 rings (SSSR count). The minimum absolute atomic E-state index is 0.417. The Morgan fingerprint density at radius 1 is 1.25 bits per heavy atom. The molecule has 2 N–H and O–H groups in total. The number of anilines is 1. The Hall–Kier alpha value is -2.04. The third-order valence-electron chi connectivity index (χ3n) is 2.78. The highest BCUT2D eigenvalue weighted by atomic mass is 35.5. The molecule has 0 spiro atoms. The van der Waals surface area contributed by atoms with Crippen LogP contribution in [0.2, 0.25) is 5.02 Å². The summed E-state index contributed by atoms with van der Waals surface area (Å²) in [6.07, 6.45) is -1.25. The molecule has 0 aliphatic heterocycles. The SMILES string of the molecule is COc1ccc(Cl)cc1NC(=O)C(O)c1ccccc1. The number of amides is 1. The minimum Gasteiger partial charge on any atom is -0.495 e. The van der Waals surface area contributed by atoms with Crippen molar-refractivity contribution in [2.75, 3.05) is 12.4 Å². The van der Waals surface area contributed by atoms with Crippen LogP contribution in [0.25, 0.3) is 0 Å². The lowest BCUT2D eigenvalue weighted by Gasteiger charge is -2.14. The predicted octanol–water partition coefficient (Wildman–Crippen LogP) is 3.02. The van der Waals surface area contributed by atoms with Gasteiger partial charge in [-0.05, 0) is 23.8 Å². The molecule has 1 unspecified atom stereocenters. The number of halogens is 1. The Morgan fingerprint density at radius 3 is 2.60 bits per heavy atom. The van der Waals surface area contributed by atoms with E-state index in [4.69, 9.17) is 16.3 Å². The molecule has 0 saturated heterocycles. The Balaban J connectivity index is 2.18. The van der Waals surface area contributed by atoms with E-state index < -0.39 is 12.0 Å². The van der Waals surface area contributed by atoms with Crippen molar-refractivity contribution < 1.29 is 14.6 Å². The molecule has 0 aromatic heterocycles. The molecule has 1 atom stereocenters. The van der Waals surface area contributed by atoms with Gasteiger partial charge in [0.05, 0.1) is 12.8 Å². The summed E-state index contributed by atoms with van der Waals surface area (Å²) in [5, 5.41) is 13.1. The van der Waals surface area contributed by atoms with Crippen LogP contribution in [0, 0.1) is 0 Å². The van der Waals surface area contributed by atoms with Crippen LogP contribution in [-0.4, -0.2) is 18.1 Å². The highest BCUT2D eigenvalue weighted by molar-refractivity contribution is 6.31. The van der Waals surface area contributed by atoms with Crippen LogP contribution < -0.4 is 10.1 Å². The van der Waals surface area contributed by atoms with Gasteiger partial charge in [0.25, 0.3) is 5.91 Å². The van der Waals surface area contributed by atoms with Crippen molar-refractivity contribution >= 4 is 23.2 Å². The van der Waals surface area contributed by atoms with Crippen LogP contribution in [-0.2, 0) is 4.79 Å². The van der Waals surface area contributed by atoms with Gasteiger partial charge in [-0.3, -0.25) is 4.79 Å². The fourth-order valence-electron chi connectivity index (χ4n) is 1.77. The standard InChI is InChI=1S/C15H14ClNO3/c1-20-13-8-7-11(16)9-12(13)17-15(19)14(18)10-5-3-2-4-6-10/h2-9,14,18H,1H3,(H,17,19). The van der Waals surface area contributed by atoms with E-state index in [9.17, 15) is 9.90 Å². The summed E-state index contributed by atoms with van der Waals surface area (Å²) in [7, 11) is 1.49. The van der Waals surface area contributed by atoms with Gasteiger partial charge in [0.15, 0.2) is 6.10 Å². The number of hydrogen-bond acceptors (Lipinski definition) is 3. The molecule has 0 fully saturated rings. The summed E-state index contributed by atoms with van der Waals surface area (Å²) in [4.78, 5) is 12.0. The molecule has 104 valence electrons. The molecule has 2 aromatic carbocycles. The monoisotopic (exact) mass is 291 g/mol. The van der Waals surface area contributed by atoms with Crippen molar-refractivity contribution in [2.24, 2.45) is 0 Å². The second-order valence-electron chi connectivity index (χ2n) is 4.15. The van der Waals surface area contributed by atoms with E-state index in [2.05, 4.69) is 5.32 Å². The number of aliphatic hydroxyl groups excluding tert-OH is 1. The summed E-state index contributed by atoms with van der Waals surface area (Å²) < 4.78 is 5.13. The van der Waals surface area contributed by atoms with Crippen molar-refractivity contribution in [1.29, 1.82) is 0 Å². The molecule has 5 heteroatoms. The summed E-state index contributed by atoms with van der Waals surface area (Å²) in [6, 6.07) is 13.6. The van der Waals surface area contributed by atoms with Crippen molar-refractivity contribution in [2.45, 2.75) is 6.10 Å². The van der Waals surface area contributed by atoms with E-state index >= 15 is 0 Å². The van der Waals surface area contributed by atoms with Gasteiger partial charge in [-0.2, -0.15) is 0 Å². The molecule has 0 heterocycles. The van der Waals surface area contributed by atoms with Crippen molar-refractivity contribution in [3.8, 4) is 5.75 Å². The summed E-state index contributed by atoms with van der Waals surface area (Å²) >= 11 is 5.88. The Kier molecular flexibility index (Phi) is 4.61. The zero-order valence-corrected chi connectivity index (χ0v) is 11.6. The van der Waals surface area contributed by atoms with Crippen LogP contribution in [0.4, 0.5) is 5.69 Å². The largest absolute Gasteiger partial charge is 0.495 e. The van der Waals surface area contributed by atoms with Gasteiger partial charge in [-0.1, -0.05) is 41.9 Å². The summed E-state index contributed by atoms with van der Waals surface area (Å²) in [5.74, 6) is -0.0696. The number of carbonyl (C=O) groups excluding carboxylic acids is 1. The van der Waals surface area contributed by atoms with E-state index in [1.54, 1.807) is 42.5 Å². The first kappa shape index (κ1) is 14.4. The van der Waals surface area contributed by atoms with Gasteiger partial charge < -0.3 is 15.2 Å².